The number of imidazole rings is 1. The highest BCUT2D eigenvalue weighted by molar-refractivity contribution is 5.60. The van der Waals surface area contributed by atoms with Crippen molar-refractivity contribution in [3.8, 4) is 11.4 Å². The quantitative estimate of drug-likeness (QED) is 0.709. The van der Waals surface area contributed by atoms with Gasteiger partial charge in [0.25, 0.3) is 0 Å². The highest BCUT2D eigenvalue weighted by atomic mass is 16.5. The van der Waals surface area contributed by atoms with E-state index in [9.17, 15) is 0 Å². The van der Waals surface area contributed by atoms with E-state index < -0.39 is 0 Å². The maximum atomic E-state index is 5.71. The van der Waals surface area contributed by atoms with E-state index >= 15 is 0 Å². The third kappa shape index (κ3) is 3.68. The molecule has 3 aromatic rings. The van der Waals surface area contributed by atoms with Gasteiger partial charge >= 0.3 is 0 Å². The van der Waals surface area contributed by atoms with Gasteiger partial charge in [0.1, 0.15) is 17.2 Å². The molecular formula is C19H24N6O. The van der Waals surface area contributed by atoms with Crippen molar-refractivity contribution >= 4 is 11.5 Å². The normalized spacial score (nSPS) is 20.1. The zero-order chi connectivity index (χ0) is 17.9. The molecule has 0 amide bonds. The molecule has 0 aromatic carbocycles. The van der Waals surface area contributed by atoms with E-state index in [1.54, 1.807) is 12.4 Å². The van der Waals surface area contributed by atoms with Gasteiger partial charge in [-0.2, -0.15) is 0 Å². The Morgan fingerprint density at radius 3 is 3.12 bits per heavy atom. The van der Waals surface area contributed by atoms with Gasteiger partial charge < -0.3 is 15.4 Å². The van der Waals surface area contributed by atoms with Gasteiger partial charge in [0.2, 0.25) is 0 Å². The van der Waals surface area contributed by atoms with Crippen LogP contribution in [0.1, 0.15) is 20.3 Å². The van der Waals surface area contributed by atoms with Crippen molar-refractivity contribution in [3.05, 3.63) is 43.0 Å². The summed E-state index contributed by atoms with van der Waals surface area (Å²) in [6.45, 7) is 5.76. The standard InChI is InChI=1S/C19H24N6O/c1-13(2)26-12-15-7-14(8-21-15)23-18-11-20-9-16(24-18)17-10-22-19-5-3-4-6-25(17)19/h3-6,9-11,13-15,21H,7-8,12H2,1-2H3,(H,23,24). The second-order valence-electron chi connectivity index (χ2n) is 6.93. The van der Waals surface area contributed by atoms with Gasteiger partial charge in [0.05, 0.1) is 37.0 Å². The first-order valence-electron chi connectivity index (χ1n) is 9.05. The molecule has 136 valence electrons. The number of nitrogens with one attached hydrogen (secondary N) is 2. The van der Waals surface area contributed by atoms with Crippen LogP contribution in [-0.4, -0.2) is 50.7 Å². The molecule has 1 aliphatic rings. The molecule has 7 nitrogen and oxygen atoms in total. The predicted molar refractivity (Wildman–Crippen MR) is 101 cm³/mol. The van der Waals surface area contributed by atoms with Gasteiger partial charge in [-0.25, -0.2) is 9.97 Å². The molecular weight excluding hydrogens is 328 g/mol. The SMILES string of the molecule is CC(C)OCC1CC(Nc2cncc(-c3cnc4ccccn34)n2)CN1. The molecule has 1 saturated heterocycles. The van der Waals surface area contributed by atoms with E-state index in [1.807, 2.05) is 35.0 Å². The fraction of sp³-hybridized carbons (Fsp3) is 0.421. The Kier molecular flexibility index (Phi) is 4.81. The number of rotatable bonds is 6. The summed E-state index contributed by atoms with van der Waals surface area (Å²) in [5.41, 5.74) is 2.64. The van der Waals surface area contributed by atoms with Crippen LogP contribution in [0.25, 0.3) is 17.0 Å². The van der Waals surface area contributed by atoms with Crippen LogP contribution in [0.15, 0.2) is 43.0 Å². The van der Waals surface area contributed by atoms with Gasteiger partial charge in [0, 0.05) is 24.8 Å². The minimum Gasteiger partial charge on any atom is -0.377 e. The van der Waals surface area contributed by atoms with Crippen LogP contribution in [-0.2, 0) is 4.74 Å². The van der Waals surface area contributed by atoms with Crippen molar-refractivity contribution in [2.24, 2.45) is 0 Å². The first-order valence-corrected chi connectivity index (χ1v) is 9.05. The molecule has 0 spiro atoms. The minimum atomic E-state index is 0.261. The number of hydrogen-bond donors (Lipinski definition) is 2. The molecule has 4 rings (SSSR count). The van der Waals surface area contributed by atoms with E-state index in [0.29, 0.717) is 12.1 Å². The average molecular weight is 352 g/mol. The van der Waals surface area contributed by atoms with E-state index in [2.05, 4.69) is 34.4 Å². The zero-order valence-corrected chi connectivity index (χ0v) is 15.1. The fourth-order valence-electron chi connectivity index (χ4n) is 3.25. The Hall–Kier alpha value is -2.51. The lowest BCUT2D eigenvalue weighted by Crippen LogP contribution is -2.28. The third-order valence-electron chi connectivity index (χ3n) is 4.52. The topological polar surface area (TPSA) is 76.4 Å². The Balaban J connectivity index is 1.45. The predicted octanol–water partition coefficient (Wildman–Crippen LogP) is 2.36. The van der Waals surface area contributed by atoms with Crippen LogP contribution >= 0.6 is 0 Å². The lowest BCUT2D eigenvalue weighted by molar-refractivity contribution is 0.0648. The number of hydrogen-bond acceptors (Lipinski definition) is 6. The Morgan fingerprint density at radius 2 is 2.23 bits per heavy atom. The van der Waals surface area contributed by atoms with Crippen LogP contribution in [0.3, 0.4) is 0 Å². The van der Waals surface area contributed by atoms with E-state index in [4.69, 9.17) is 9.72 Å². The van der Waals surface area contributed by atoms with Crippen molar-refractivity contribution in [1.82, 2.24) is 24.7 Å². The number of aromatic nitrogens is 4. The van der Waals surface area contributed by atoms with E-state index in [1.165, 1.54) is 0 Å². The molecule has 0 bridgehead atoms. The molecule has 0 aliphatic carbocycles. The summed E-state index contributed by atoms with van der Waals surface area (Å²) in [5.74, 6) is 0.783. The Labute approximate surface area is 152 Å². The molecule has 4 heterocycles. The van der Waals surface area contributed by atoms with Gasteiger partial charge in [-0.1, -0.05) is 6.07 Å². The molecule has 26 heavy (non-hydrogen) atoms. The summed E-state index contributed by atoms with van der Waals surface area (Å²) >= 11 is 0. The monoisotopic (exact) mass is 352 g/mol. The van der Waals surface area contributed by atoms with Crippen LogP contribution in [0.4, 0.5) is 5.82 Å². The number of anilines is 1. The van der Waals surface area contributed by atoms with Crippen LogP contribution in [0, 0.1) is 0 Å². The third-order valence-corrected chi connectivity index (χ3v) is 4.52. The number of pyridine rings is 1. The van der Waals surface area contributed by atoms with E-state index in [0.717, 1.165) is 42.4 Å². The Bertz CT molecular complexity index is 877. The smallest absolute Gasteiger partial charge is 0.145 e. The number of fused-ring (bicyclic) bond motifs is 1. The minimum absolute atomic E-state index is 0.261. The Morgan fingerprint density at radius 1 is 1.31 bits per heavy atom. The first-order chi connectivity index (χ1) is 12.7. The van der Waals surface area contributed by atoms with Crippen LogP contribution in [0.5, 0.6) is 0 Å². The van der Waals surface area contributed by atoms with Crippen molar-refractivity contribution in [2.45, 2.75) is 38.5 Å². The summed E-state index contributed by atoms with van der Waals surface area (Å²) < 4.78 is 7.72. The maximum absolute atomic E-state index is 5.71. The first kappa shape index (κ1) is 16.9. The van der Waals surface area contributed by atoms with Gasteiger partial charge in [0.15, 0.2) is 0 Å². The van der Waals surface area contributed by atoms with Crippen LogP contribution < -0.4 is 10.6 Å². The van der Waals surface area contributed by atoms with Gasteiger partial charge in [-0.3, -0.25) is 9.38 Å². The molecule has 0 saturated carbocycles. The van der Waals surface area contributed by atoms with Crippen LogP contribution in [0.2, 0.25) is 0 Å². The molecule has 2 N–H and O–H groups in total. The maximum Gasteiger partial charge on any atom is 0.145 e. The molecule has 2 atom stereocenters. The largest absolute Gasteiger partial charge is 0.377 e. The molecule has 3 aromatic heterocycles. The summed E-state index contributed by atoms with van der Waals surface area (Å²) in [5, 5.41) is 6.99. The van der Waals surface area contributed by atoms with Crippen molar-refractivity contribution < 1.29 is 4.74 Å². The number of nitrogens with zero attached hydrogens (tertiary/aromatic N) is 4. The highest BCUT2D eigenvalue weighted by Gasteiger charge is 2.24. The summed E-state index contributed by atoms with van der Waals surface area (Å²) in [4.78, 5) is 13.5. The van der Waals surface area contributed by atoms with Crippen molar-refractivity contribution in [2.75, 3.05) is 18.5 Å². The van der Waals surface area contributed by atoms with Gasteiger partial charge in [-0.15, -0.1) is 0 Å². The van der Waals surface area contributed by atoms with E-state index in [-0.39, 0.29) is 6.10 Å². The second kappa shape index (κ2) is 7.39. The fourth-order valence-corrected chi connectivity index (χ4v) is 3.25. The molecule has 7 heteroatoms. The van der Waals surface area contributed by atoms with Crippen molar-refractivity contribution in [1.29, 1.82) is 0 Å². The summed E-state index contributed by atoms with van der Waals surface area (Å²) in [7, 11) is 0. The van der Waals surface area contributed by atoms with Gasteiger partial charge in [-0.05, 0) is 32.4 Å². The molecule has 1 aliphatic heterocycles. The zero-order valence-electron chi connectivity index (χ0n) is 15.1. The second-order valence-corrected chi connectivity index (χ2v) is 6.93. The summed E-state index contributed by atoms with van der Waals surface area (Å²) in [6.07, 6.45) is 8.63. The molecule has 1 fully saturated rings. The average Bonchev–Trinajstić information content (AvgIpc) is 3.27. The lowest BCUT2D eigenvalue weighted by Gasteiger charge is -2.14. The number of ether oxygens (including phenoxy) is 1. The molecule has 2 unspecified atom stereocenters. The summed E-state index contributed by atoms with van der Waals surface area (Å²) in [6, 6.07) is 6.63. The highest BCUT2D eigenvalue weighted by Crippen LogP contribution is 2.20. The molecule has 0 radical (unpaired) electrons. The lowest BCUT2D eigenvalue weighted by atomic mass is 10.2. The van der Waals surface area contributed by atoms with Crippen molar-refractivity contribution in [3.63, 3.8) is 0 Å².